The van der Waals surface area contributed by atoms with Gasteiger partial charge >= 0.3 is 0 Å². The highest BCUT2D eigenvalue weighted by atomic mass is 16.5. The first-order chi connectivity index (χ1) is 8.17. The third kappa shape index (κ3) is 2.08. The van der Waals surface area contributed by atoms with E-state index in [4.69, 9.17) is 15.2 Å². The summed E-state index contributed by atoms with van der Waals surface area (Å²) in [6.45, 7) is 1.99. The van der Waals surface area contributed by atoms with Crippen molar-refractivity contribution >= 4 is 10.9 Å². The molecule has 17 heavy (non-hydrogen) atoms. The second-order valence-electron chi connectivity index (χ2n) is 4.22. The molecule has 0 radical (unpaired) electrons. The predicted molar refractivity (Wildman–Crippen MR) is 68.8 cm³/mol. The summed E-state index contributed by atoms with van der Waals surface area (Å²) in [5, 5.41) is 1.06. The van der Waals surface area contributed by atoms with Gasteiger partial charge in [-0.05, 0) is 31.0 Å². The third-order valence-corrected chi connectivity index (χ3v) is 2.82. The van der Waals surface area contributed by atoms with Gasteiger partial charge in [-0.1, -0.05) is 0 Å². The van der Waals surface area contributed by atoms with Crippen LogP contribution in [-0.4, -0.2) is 25.2 Å². The molecule has 0 aliphatic carbocycles. The van der Waals surface area contributed by atoms with E-state index < -0.39 is 0 Å². The molecule has 2 rings (SSSR count). The maximum absolute atomic E-state index is 5.85. The van der Waals surface area contributed by atoms with Crippen molar-refractivity contribution in [2.45, 2.75) is 19.4 Å². The van der Waals surface area contributed by atoms with Crippen molar-refractivity contribution in [3.63, 3.8) is 0 Å². The minimum absolute atomic E-state index is 0.116. The van der Waals surface area contributed by atoms with Crippen LogP contribution in [0.1, 0.15) is 12.5 Å². The summed E-state index contributed by atoms with van der Waals surface area (Å²) >= 11 is 0. The molecule has 0 saturated heterocycles. The fourth-order valence-electron chi connectivity index (χ4n) is 2.11. The fourth-order valence-corrected chi connectivity index (χ4v) is 2.11. The Morgan fingerprint density at radius 2 is 1.88 bits per heavy atom. The van der Waals surface area contributed by atoms with Crippen molar-refractivity contribution in [2.24, 2.45) is 5.73 Å². The number of aromatic nitrogens is 1. The molecule has 2 aromatic rings. The Labute approximate surface area is 101 Å². The Morgan fingerprint density at radius 1 is 1.24 bits per heavy atom. The SMILES string of the molecule is COc1ccc(OC)c2c(CC(C)N)c[nH]c12. The molecule has 4 heteroatoms. The number of aromatic amines is 1. The van der Waals surface area contributed by atoms with E-state index in [2.05, 4.69) is 4.98 Å². The molecule has 0 bridgehead atoms. The number of nitrogens with one attached hydrogen (secondary N) is 1. The highest BCUT2D eigenvalue weighted by Gasteiger charge is 2.14. The van der Waals surface area contributed by atoms with Crippen LogP contribution in [0.3, 0.4) is 0 Å². The molecule has 3 N–H and O–H groups in total. The Kier molecular flexibility index (Phi) is 3.24. The largest absolute Gasteiger partial charge is 0.496 e. The summed E-state index contributed by atoms with van der Waals surface area (Å²) in [6.07, 6.45) is 2.78. The first-order valence-corrected chi connectivity index (χ1v) is 5.64. The quantitative estimate of drug-likeness (QED) is 0.851. The van der Waals surface area contributed by atoms with Crippen LogP contribution >= 0.6 is 0 Å². The molecule has 0 saturated carbocycles. The number of H-pyrrole nitrogens is 1. The smallest absolute Gasteiger partial charge is 0.143 e. The van der Waals surface area contributed by atoms with Crippen LogP contribution in [0.5, 0.6) is 11.5 Å². The lowest BCUT2D eigenvalue weighted by Gasteiger charge is -2.09. The van der Waals surface area contributed by atoms with E-state index in [-0.39, 0.29) is 6.04 Å². The molecule has 1 aromatic carbocycles. The number of rotatable bonds is 4. The molecule has 1 atom stereocenters. The molecule has 92 valence electrons. The molecular weight excluding hydrogens is 216 g/mol. The second-order valence-corrected chi connectivity index (χ2v) is 4.22. The lowest BCUT2D eigenvalue weighted by Crippen LogP contribution is -2.17. The van der Waals surface area contributed by atoms with Gasteiger partial charge < -0.3 is 20.2 Å². The number of hydrogen-bond donors (Lipinski definition) is 2. The van der Waals surface area contributed by atoms with Crippen molar-refractivity contribution < 1.29 is 9.47 Å². The van der Waals surface area contributed by atoms with Crippen LogP contribution in [0.15, 0.2) is 18.3 Å². The molecule has 0 amide bonds. The van der Waals surface area contributed by atoms with E-state index in [9.17, 15) is 0 Å². The maximum atomic E-state index is 5.85. The molecule has 4 nitrogen and oxygen atoms in total. The van der Waals surface area contributed by atoms with Crippen molar-refractivity contribution in [2.75, 3.05) is 14.2 Å². The highest BCUT2D eigenvalue weighted by Crippen LogP contribution is 2.35. The number of methoxy groups -OCH3 is 2. The maximum Gasteiger partial charge on any atom is 0.143 e. The zero-order valence-electron chi connectivity index (χ0n) is 10.4. The van der Waals surface area contributed by atoms with E-state index >= 15 is 0 Å². The summed E-state index contributed by atoms with van der Waals surface area (Å²) in [5.74, 6) is 1.66. The van der Waals surface area contributed by atoms with Gasteiger partial charge in [-0.15, -0.1) is 0 Å². The van der Waals surface area contributed by atoms with E-state index in [1.165, 1.54) is 0 Å². The minimum Gasteiger partial charge on any atom is -0.496 e. The average Bonchev–Trinajstić information content (AvgIpc) is 2.71. The number of benzene rings is 1. The lowest BCUT2D eigenvalue weighted by molar-refractivity contribution is 0.410. The van der Waals surface area contributed by atoms with Gasteiger partial charge in [0.05, 0.1) is 19.7 Å². The highest BCUT2D eigenvalue weighted by molar-refractivity contribution is 5.93. The van der Waals surface area contributed by atoms with Crippen LogP contribution in [-0.2, 0) is 6.42 Å². The van der Waals surface area contributed by atoms with Gasteiger partial charge in [0.15, 0.2) is 0 Å². The Morgan fingerprint density at radius 3 is 2.47 bits per heavy atom. The molecule has 0 aliphatic heterocycles. The number of nitrogens with two attached hydrogens (primary N) is 1. The molecule has 1 unspecified atom stereocenters. The fraction of sp³-hybridized carbons (Fsp3) is 0.385. The standard InChI is InChI=1S/C13H18N2O2/c1-8(14)6-9-7-15-13-11(17-3)5-4-10(16-2)12(9)13/h4-5,7-8,15H,6,14H2,1-3H3. The van der Waals surface area contributed by atoms with Gasteiger partial charge in [0.1, 0.15) is 11.5 Å². The number of fused-ring (bicyclic) bond motifs is 1. The monoisotopic (exact) mass is 234 g/mol. The molecule has 0 spiro atoms. The van der Waals surface area contributed by atoms with Gasteiger partial charge in [-0.3, -0.25) is 0 Å². The zero-order valence-corrected chi connectivity index (χ0v) is 10.4. The minimum atomic E-state index is 0.116. The van der Waals surface area contributed by atoms with E-state index in [0.717, 1.165) is 34.4 Å². The van der Waals surface area contributed by atoms with E-state index in [1.54, 1.807) is 14.2 Å². The van der Waals surface area contributed by atoms with Gasteiger partial charge in [0.25, 0.3) is 0 Å². The Hall–Kier alpha value is -1.68. The summed E-state index contributed by atoms with van der Waals surface area (Å²) in [6, 6.07) is 3.93. The summed E-state index contributed by atoms with van der Waals surface area (Å²) in [7, 11) is 3.33. The topological polar surface area (TPSA) is 60.3 Å². The second kappa shape index (κ2) is 4.67. The van der Waals surface area contributed by atoms with Crippen LogP contribution < -0.4 is 15.2 Å². The van der Waals surface area contributed by atoms with Crippen LogP contribution in [0, 0.1) is 0 Å². The van der Waals surface area contributed by atoms with Crippen molar-refractivity contribution in [3.05, 3.63) is 23.9 Å². The van der Waals surface area contributed by atoms with Gasteiger partial charge in [-0.2, -0.15) is 0 Å². The van der Waals surface area contributed by atoms with Crippen molar-refractivity contribution in [1.29, 1.82) is 0 Å². The summed E-state index contributed by atoms with van der Waals surface area (Å²) in [4.78, 5) is 3.23. The number of hydrogen-bond acceptors (Lipinski definition) is 3. The van der Waals surface area contributed by atoms with E-state index in [1.807, 2.05) is 25.3 Å². The lowest BCUT2D eigenvalue weighted by atomic mass is 10.1. The molecule has 1 aromatic heterocycles. The van der Waals surface area contributed by atoms with Crippen molar-refractivity contribution in [3.8, 4) is 11.5 Å². The predicted octanol–water partition coefficient (Wildman–Crippen LogP) is 2.07. The molecule has 0 fully saturated rings. The third-order valence-electron chi connectivity index (χ3n) is 2.82. The Bertz CT molecular complexity index is 517. The zero-order chi connectivity index (χ0) is 12.4. The molecular formula is C13H18N2O2. The van der Waals surface area contributed by atoms with Crippen LogP contribution in [0.25, 0.3) is 10.9 Å². The molecule has 1 heterocycles. The van der Waals surface area contributed by atoms with E-state index in [0.29, 0.717) is 0 Å². The summed E-state index contributed by atoms with van der Waals surface area (Å²) in [5.41, 5.74) is 7.97. The van der Waals surface area contributed by atoms with Crippen LogP contribution in [0.2, 0.25) is 0 Å². The normalized spacial score (nSPS) is 12.7. The molecule has 0 aliphatic rings. The van der Waals surface area contributed by atoms with Gasteiger partial charge in [0, 0.05) is 17.6 Å². The van der Waals surface area contributed by atoms with Crippen LogP contribution in [0.4, 0.5) is 0 Å². The van der Waals surface area contributed by atoms with Gasteiger partial charge in [-0.25, -0.2) is 0 Å². The first kappa shape index (κ1) is 11.8. The first-order valence-electron chi connectivity index (χ1n) is 5.64. The number of ether oxygens (including phenoxy) is 2. The van der Waals surface area contributed by atoms with Gasteiger partial charge in [0.2, 0.25) is 0 Å². The summed E-state index contributed by atoms with van der Waals surface area (Å²) < 4.78 is 10.7. The Balaban J connectivity index is 2.63. The average molecular weight is 234 g/mol. The van der Waals surface area contributed by atoms with Crippen molar-refractivity contribution in [1.82, 2.24) is 4.98 Å².